The summed E-state index contributed by atoms with van der Waals surface area (Å²) in [5.74, 6) is -0.00862. The second-order valence-electron chi connectivity index (χ2n) is 14.7. The van der Waals surface area contributed by atoms with Crippen LogP contribution in [0.15, 0.2) is 54.6 Å². The predicted octanol–water partition coefficient (Wildman–Crippen LogP) is 8.36. The Bertz CT molecular complexity index is 1610. The van der Waals surface area contributed by atoms with Gasteiger partial charge in [0.25, 0.3) is 11.8 Å². The fourth-order valence-corrected chi connectivity index (χ4v) is 5.59. The zero-order chi connectivity index (χ0) is 37.6. The van der Waals surface area contributed by atoms with Gasteiger partial charge in [0.2, 0.25) is 0 Å². The summed E-state index contributed by atoms with van der Waals surface area (Å²) in [5.41, 5.74) is 1.95. The van der Waals surface area contributed by atoms with E-state index in [1.54, 1.807) is 36.4 Å². The normalized spacial score (nSPS) is 14.1. The molecule has 4 N–H and O–H groups in total. The summed E-state index contributed by atoms with van der Waals surface area (Å²) >= 11 is 0. The predicted molar refractivity (Wildman–Crippen MR) is 202 cm³/mol. The van der Waals surface area contributed by atoms with Crippen molar-refractivity contribution in [2.45, 2.75) is 85.9 Å². The highest BCUT2D eigenvalue weighted by atomic mass is 19.1. The molecule has 0 saturated heterocycles. The molecular formula is C41H56FN3O7. The molecule has 1 aliphatic carbocycles. The van der Waals surface area contributed by atoms with Gasteiger partial charge in [0.1, 0.15) is 24.3 Å². The largest absolute Gasteiger partial charge is 0.491 e. The van der Waals surface area contributed by atoms with E-state index in [1.165, 1.54) is 24.6 Å². The quantitative estimate of drug-likeness (QED) is 0.0719. The number of aliphatic hydroxyl groups is 1. The average Bonchev–Trinajstić information content (AvgIpc) is 3.11. The maximum absolute atomic E-state index is 14.5. The molecule has 0 radical (unpaired) electrons. The average molecular weight is 722 g/mol. The smallest absolute Gasteiger partial charge is 0.255 e. The van der Waals surface area contributed by atoms with E-state index in [2.05, 4.69) is 16.0 Å². The molecule has 1 unspecified atom stereocenters. The first kappa shape index (κ1) is 40.6. The van der Waals surface area contributed by atoms with Crippen molar-refractivity contribution in [3.05, 3.63) is 77.1 Å². The molecule has 3 aromatic rings. The Balaban J connectivity index is 1.50. The van der Waals surface area contributed by atoms with E-state index in [0.717, 1.165) is 25.7 Å². The van der Waals surface area contributed by atoms with Crippen LogP contribution in [0.5, 0.6) is 17.2 Å². The molecule has 1 saturated carbocycles. The molecule has 11 heteroatoms. The second-order valence-corrected chi connectivity index (χ2v) is 14.7. The van der Waals surface area contributed by atoms with Gasteiger partial charge in [0, 0.05) is 23.8 Å². The monoisotopic (exact) mass is 721 g/mol. The van der Waals surface area contributed by atoms with Gasteiger partial charge in [-0.25, -0.2) is 4.39 Å². The molecule has 1 fully saturated rings. The lowest BCUT2D eigenvalue weighted by molar-refractivity contribution is 0.0807. The van der Waals surface area contributed by atoms with Gasteiger partial charge >= 0.3 is 0 Å². The molecule has 0 bridgehead atoms. The second kappa shape index (κ2) is 20.2. The highest BCUT2D eigenvalue weighted by Crippen LogP contribution is 2.32. The van der Waals surface area contributed by atoms with Crippen molar-refractivity contribution in [3.8, 4) is 17.2 Å². The summed E-state index contributed by atoms with van der Waals surface area (Å²) in [4.78, 5) is 27.0. The maximum Gasteiger partial charge on any atom is 0.255 e. The molecule has 10 nitrogen and oxygen atoms in total. The van der Waals surface area contributed by atoms with Crippen molar-refractivity contribution >= 4 is 23.2 Å². The molecule has 0 heterocycles. The number of hydrogen-bond acceptors (Lipinski definition) is 8. The number of ether oxygens (including phenoxy) is 4. The van der Waals surface area contributed by atoms with Crippen LogP contribution in [0.2, 0.25) is 0 Å². The molecule has 2 amide bonds. The molecule has 3 aromatic carbocycles. The summed E-state index contributed by atoms with van der Waals surface area (Å²) in [6.45, 7) is 13.9. The van der Waals surface area contributed by atoms with Gasteiger partial charge in [-0.1, -0.05) is 66.9 Å². The lowest BCUT2D eigenvalue weighted by atomic mass is 9.95. The van der Waals surface area contributed by atoms with Gasteiger partial charge < -0.3 is 34.7 Å². The Labute approximate surface area is 307 Å². The van der Waals surface area contributed by atoms with Gasteiger partial charge in [-0.05, 0) is 84.7 Å². The zero-order valence-corrected chi connectivity index (χ0v) is 31.4. The minimum atomic E-state index is -0.860. The van der Waals surface area contributed by atoms with Crippen LogP contribution in [-0.4, -0.2) is 56.0 Å². The van der Waals surface area contributed by atoms with E-state index >= 15 is 0 Å². The first-order valence-corrected chi connectivity index (χ1v) is 18.5. The lowest BCUT2D eigenvalue weighted by Gasteiger charge is -2.26. The molecule has 284 valence electrons. The van der Waals surface area contributed by atoms with Crippen LogP contribution in [0.25, 0.3) is 0 Å². The molecule has 0 aliphatic heterocycles. The van der Waals surface area contributed by atoms with Crippen LogP contribution in [0.1, 0.15) is 106 Å². The third-order valence-corrected chi connectivity index (χ3v) is 8.33. The Morgan fingerprint density at radius 2 is 1.23 bits per heavy atom. The van der Waals surface area contributed by atoms with E-state index in [1.807, 2.05) is 41.5 Å². The molecule has 1 atom stereocenters. The Kier molecular flexibility index (Phi) is 15.7. The summed E-state index contributed by atoms with van der Waals surface area (Å²) in [6, 6.07) is 14.2. The Morgan fingerprint density at radius 1 is 0.692 bits per heavy atom. The number of aliphatic hydroxyl groups excluding tert-OH is 1. The maximum atomic E-state index is 14.5. The van der Waals surface area contributed by atoms with Crippen LogP contribution in [0.4, 0.5) is 15.8 Å². The Morgan fingerprint density at radius 3 is 1.83 bits per heavy atom. The molecule has 0 aromatic heterocycles. The molecular weight excluding hydrogens is 665 g/mol. The highest BCUT2D eigenvalue weighted by molar-refractivity contribution is 6.08. The van der Waals surface area contributed by atoms with Crippen molar-refractivity contribution in [2.24, 2.45) is 17.8 Å². The lowest BCUT2D eigenvalue weighted by Crippen LogP contribution is -2.34. The number of halogens is 1. The van der Waals surface area contributed by atoms with Gasteiger partial charge in [-0.15, -0.1) is 0 Å². The van der Waals surface area contributed by atoms with E-state index < -0.39 is 23.9 Å². The van der Waals surface area contributed by atoms with Crippen LogP contribution >= 0.6 is 0 Å². The zero-order valence-electron chi connectivity index (χ0n) is 31.4. The first-order chi connectivity index (χ1) is 24.9. The van der Waals surface area contributed by atoms with Crippen LogP contribution < -0.4 is 30.2 Å². The van der Waals surface area contributed by atoms with Crippen LogP contribution in [0.3, 0.4) is 0 Å². The summed E-state index contributed by atoms with van der Waals surface area (Å²) < 4.78 is 37.7. The van der Waals surface area contributed by atoms with Crippen LogP contribution in [0, 0.1) is 23.6 Å². The Hall–Kier alpha value is -4.19. The SMILES string of the molecule is CC(C)COCCOc1cc(C(=O)Nc2ccc(C(=O)Nc3ccc(C(O)NC4CCCCC4)cc3OCC(C)C)cc2OCC(C)C)ccc1F. The van der Waals surface area contributed by atoms with E-state index in [0.29, 0.717) is 66.3 Å². The van der Waals surface area contributed by atoms with Crippen LogP contribution in [-0.2, 0) is 4.74 Å². The topological polar surface area (TPSA) is 127 Å². The van der Waals surface area contributed by atoms with Gasteiger partial charge in [0.15, 0.2) is 11.6 Å². The third kappa shape index (κ3) is 12.8. The van der Waals surface area contributed by atoms with E-state index in [9.17, 15) is 19.1 Å². The number of hydrogen-bond donors (Lipinski definition) is 4. The molecule has 4 rings (SSSR count). The number of carbonyl (C=O) groups excluding carboxylic acids is 2. The number of anilines is 2. The van der Waals surface area contributed by atoms with Gasteiger partial charge in [-0.3, -0.25) is 14.9 Å². The third-order valence-electron chi connectivity index (χ3n) is 8.33. The number of rotatable bonds is 19. The standard InChI is InChI=1S/C41H56FN3O7/c1-26(2)23-49-18-19-50-36-20-29(12-15-33(36)42)40(47)44-35-17-14-31(22-38(35)52-25-28(5)6)41(48)45-34-16-13-30(21-37(34)51-24-27(3)4)39(46)43-32-10-8-7-9-11-32/h12-17,20-22,26-28,32,39,43,46H,7-11,18-19,23-25H2,1-6H3,(H,44,47)(H,45,48). The molecule has 1 aliphatic rings. The molecule has 52 heavy (non-hydrogen) atoms. The van der Waals surface area contributed by atoms with Crippen molar-refractivity contribution in [3.63, 3.8) is 0 Å². The van der Waals surface area contributed by atoms with Crippen molar-refractivity contribution < 1.29 is 38.0 Å². The summed E-state index contributed by atoms with van der Waals surface area (Å²) in [6.07, 6.45) is 4.72. The summed E-state index contributed by atoms with van der Waals surface area (Å²) in [5, 5.41) is 20.1. The van der Waals surface area contributed by atoms with E-state index in [4.69, 9.17) is 18.9 Å². The summed E-state index contributed by atoms with van der Waals surface area (Å²) in [7, 11) is 0. The number of carbonyl (C=O) groups is 2. The number of benzene rings is 3. The minimum absolute atomic E-state index is 0.0520. The van der Waals surface area contributed by atoms with Crippen molar-refractivity contribution in [2.75, 3.05) is 43.7 Å². The first-order valence-electron chi connectivity index (χ1n) is 18.5. The molecule has 0 spiro atoms. The van der Waals surface area contributed by atoms with Crippen molar-refractivity contribution in [1.29, 1.82) is 0 Å². The minimum Gasteiger partial charge on any atom is -0.491 e. The fraction of sp³-hybridized carbons (Fsp3) is 0.512. The van der Waals surface area contributed by atoms with Gasteiger partial charge in [0.05, 0.1) is 31.2 Å². The number of nitrogens with one attached hydrogen (secondary N) is 3. The van der Waals surface area contributed by atoms with Crippen molar-refractivity contribution in [1.82, 2.24) is 5.32 Å². The highest BCUT2D eigenvalue weighted by Gasteiger charge is 2.21. The fourth-order valence-electron chi connectivity index (χ4n) is 5.59. The van der Waals surface area contributed by atoms with Gasteiger partial charge in [-0.2, -0.15) is 0 Å². The number of amides is 2. The van der Waals surface area contributed by atoms with E-state index in [-0.39, 0.29) is 35.8 Å².